The smallest absolute Gasteiger partial charge is 0.322 e. The maximum Gasteiger partial charge on any atom is 0.322 e. The van der Waals surface area contributed by atoms with Gasteiger partial charge in [0.1, 0.15) is 17.0 Å². The molecule has 0 spiro atoms. The number of nitrogens with one attached hydrogen (secondary N) is 1. The summed E-state index contributed by atoms with van der Waals surface area (Å²) in [6, 6.07) is 19.8. The topological polar surface area (TPSA) is 66.4 Å². The van der Waals surface area contributed by atoms with Crippen LogP contribution in [-0.4, -0.2) is 21.3 Å². The van der Waals surface area contributed by atoms with Crippen molar-refractivity contribution in [3.63, 3.8) is 0 Å². The minimum Gasteiger partial charge on any atom is -0.480 e. The summed E-state index contributed by atoms with van der Waals surface area (Å²) in [6.45, 7) is 1.82. The van der Waals surface area contributed by atoms with Crippen LogP contribution in [0.1, 0.15) is 29.5 Å². The van der Waals surface area contributed by atoms with Gasteiger partial charge in [-0.25, -0.2) is 8.93 Å². The van der Waals surface area contributed by atoms with Crippen LogP contribution in [0.4, 0.5) is 0 Å². The minimum absolute atomic E-state index is 0.335. The maximum atomic E-state index is 12.9. The van der Waals surface area contributed by atoms with E-state index < -0.39 is 23.0 Å². The summed E-state index contributed by atoms with van der Waals surface area (Å²) in [5.74, 6) is -1.36. The molecule has 2 N–H and O–H groups in total. The van der Waals surface area contributed by atoms with Gasteiger partial charge in [0.05, 0.1) is 4.90 Å². The number of hydrogen-bond acceptors (Lipinski definition) is 2. The summed E-state index contributed by atoms with van der Waals surface area (Å²) in [5, 5.41) is 10.4. The molecule has 3 aromatic carbocycles. The van der Waals surface area contributed by atoms with Gasteiger partial charge in [0.2, 0.25) is 0 Å². The Hall–Kier alpha value is -2.47. The van der Waals surface area contributed by atoms with Crippen LogP contribution in [0.25, 0.3) is 11.1 Å². The molecule has 0 radical (unpaired) electrons. The van der Waals surface area contributed by atoms with Crippen LogP contribution in [0, 0.1) is 0 Å². The number of halogens is 1. The van der Waals surface area contributed by atoms with Gasteiger partial charge in [-0.2, -0.15) is 0 Å². The Kier molecular flexibility index (Phi) is 5.54. The molecule has 1 aliphatic carbocycles. The zero-order valence-corrected chi connectivity index (χ0v) is 17.3. The van der Waals surface area contributed by atoms with Gasteiger partial charge in [-0.3, -0.25) is 4.79 Å². The third kappa shape index (κ3) is 3.99. The van der Waals surface area contributed by atoms with Crippen LogP contribution in [0.3, 0.4) is 0 Å². The molecule has 3 aromatic rings. The third-order valence-corrected chi connectivity index (χ3v) is 6.74. The largest absolute Gasteiger partial charge is 0.480 e. The molecular formula is C23H20ClNO3S. The minimum atomic E-state index is -1.65. The predicted octanol–water partition coefficient (Wildman–Crippen LogP) is 4.78. The van der Waals surface area contributed by atoms with Gasteiger partial charge in [0.15, 0.2) is 0 Å². The first-order chi connectivity index (χ1) is 13.9. The molecule has 0 fully saturated rings. The van der Waals surface area contributed by atoms with Crippen LogP contribution in [-0.2, 0) is 22.2 Å². The van der Waals surface area contributed by atoms with Gasteiger partial charge in [0, 0.05) is 10.9 Å². The molecule has 0 heterocycles. The highest BCUT2D eigenvalue weighted by Gasteiger charge is 2.28. The molecule has 0 saturated carbocycles. The van der Waals surface area contributed by atoms with Gasteiger partial charge < -0.3 is 5.11 Å². The molecule has 3 atom stereocenters. The second-order valence-electron chi connectivity index (χ2n) is 7.20. The molecular weight excluding hydrogens is 406 g/mol. The normalized spacial score (nSPS) is 15.2. The van der Waals surface area contributed by atoms with E-state index in [0.717, 1.165) is 34.2 Å². The Balaban J connectivity index is 1.56. The lowest BCUT2D eigenvalue weighted by Gasteiger charge is -2.21. The van der Waals surface area contributed by atoms with Crippen molar-refractivity contribution in [3.8, 4) is 11.1 Å². The van der Waals surface area contributed by atoms with Gasteiger partial charge in [-0.15, -0.1) is 0 Å². The van der Waals surface area contributed by atoms with Crippen LogP contribution >= 0.6 is 11.6 Å². The molecule has 0 aromatic heterocycles. The lowest BCUT2D eigenvalue weighted by atomic mass is 9.94. The zero-order valence-electron chi connectivity index (χ0n) is 15.8. The summed E-state index contributed by atoms with van der Waals surface area (Å²) in [7, 11) is -1.65. The van der Waals surface area contributed by atoms with Gasteiger partial charge >= 0.3 is 5.97 Å². The van der Waals surface area contributed by atoms with E-state index in [0.29, 0.717) is 9.92 Å². The Bertz CT molecular complexity index is 1100. The van der Waals surface area contributed by atoms with E-state index in [-0.39, 0.29) is 5.92 Å². The monoisotopic (exact) mass is 425 g/mol. The van der Waals surface area contributed by atoms with E-state index in [4.69, 9.17) is 11.6 Å². The maximum absolute atomic E-state index is 12.9. The average molecular weight is 426 g/mol. The summed E-state index contributed by atoms with van der Waals surface area (Å²) in [4.78, 5) is 12.4. The molecule has 4 nitrogen and oxygen atoms in total. The number of fused-ring (bicyclic) bond motifs is 3. The first-order valence-corrected chi connectivity index (χ1v) is 10.8. The molecule has 3 unspecified atom stereocenters. The van der Waals surface area contributed by atoms with E-state index >= 15 is 0 Å². The summed E-state index contributed by atoms with van der Waals surface area (Å²) >= 11 is 6.10. The first-order valence-electron chi connectivity index (χ1n) is 9.31. The molecule has 0 aliphatic heterocycles. The highest BCUT2D eigenvalue weighted by Crippen LogP contribution is 2.38. The molecule has 4 rings (SSSR count). The van der Waals surface area contributed by atoms with Crippen molar-refractivity contribution in [2.24, 2.45) is 0 Å². The first kappa shape index (κ1) is 19.8. The van der Waals surface area contributed by atoms with Crippen molar-refractivity contribution in [2.75, 3.05) is 0 Å². The van der Waals surface area contributed by atoms with Crippen molar-refractivity contribution < 1.29 is 14.1 Å². The van der Waals surface area contributed by atoms with E-state index in [2.05, 4.69) is 4.72 Å². The van der Waals surface area contributed by atoms with Crippen molar-refractivity contribution >= 4 is 28.6 Å². The number of rotatable bonds is 6. The number of benzene rings is 3. The Morgan fingerprint density at radius 1 is 1.03 bits per heavy atom. The molecule has 29 heavy (non-hydrogen) atoms. The Labute approximate surface area is 177 Å². The van der Waals surface area contributed by atoms with E-state index in [1.165, 1.54) is 0 Å². The van der Waals surface area contributed by atoms with E-state index in [9.17, 15) is 14.1 Å². The summed E-state index contributed by atoms with van der Waals surface area (Å²) in [5.41, 5.74) is 5.33. The molecule has 1 aliphatic rings. The fourth-order valence-corrected chi connectivity index (χ4v) is 5.08. The quantitative estimate of drug-likeness (QED) is 0.467. The zero-order chi connectivity index (χ0) is 20.5. The van der Waals surface area contributed by atoms with Crippen molar-refractivity contribution in [1.29, 1.82) is 0 Å². The van der Waals surface area contributed by atoms with Crippen LogP contribution in [0.15, 0.2) is 71.6 Å². The highest BCUT2D eigenvalue weighted by molar-refractivity contribution is 7.83. The van der Waals surface area contributed by atoms with Crippen LogP contribution in [0.2, 0.25) is 5.02 Å². The second kappa shape index (κ2) is 8.11. The standard InChI is InChI=1S/C23H20ClNO3S/c1-14(15-5-3-2-4-6-15)22(23(26)27)25-29(28)19-8-10-21-17(13-19)11-16-12-18(24)7-9-20(16)21/h2-10,12-14,22,25H,11H2,1H3,(H,26,27). The van der Waals surface area contributed by atoms with Crippen molar-refractivity contribution in [1.82, 2.24) is 4.72 Å². The number of carboxylic acids is 1. The summed E-state index contributed by atoms with van der Waals surface area (Å²) in [6.07, 6.45) is 0.721. The Morgan fingerprint density at radius 2 is 1.69 bits per heavy atom. The second-order valence-corrected chi connectivity index (χ2v) is 8.88. The van der Waals surface area contributed by atoms with Gasteiger partial charge in [0.25, 0.3) is 0 Å². The van der Waals surface area contributed by atoms with Crippen molar-refractivity contribution in [3.05, 3.63) is 88.4 Å². The lowest BCUT2D eigenvalue weighted by molar-refractivity contribution is -0.139. The average Bonchev–Trinajstić information content (AvgIpc) is 3.08. The fourth-order valence-electron chi connectivity index (χ4n) is 3.77. The Morgan fingerprint density at radius 3 is 2.38 bits per heavy atom. The predicted molar refractivity (Wildman–Crippen MR) is 116 cm³/mol. The van der Waals surface area contributed by atoms with Crippen molar-refractivity contribution in [2.45, 2.75) is 30.2 Å². The molecule has 0 bridgehead atoms. The SMILES string of the molecule is CC(c1ccccc1)C(NS(=O)c1ccc2c(c1)Cc1cc(Cl)ccc1-2)C(=O)O. The van der Waals surface area contributed by atoms with Crippen LogP contribution in [0.5, 0.6) is 0 Å². The number of aliphatic carboxylic acids is 1. The molecule has 148 valence electrons. The van der Waals surface area contributed by atoms with E-state index in [1.54, 1.807) is 6.07 Å². The molecule has 0 amide bonds. The van der Waals surface area contributed by atoms with Gasteiger partial charge in [-0.1, -0.05) is 61.0 Å². The summed E-state index contributed by atoms with van der Waals surface area (Å²) < 4.78 is 15.7. The molecule has 0 saturated heterocycles. The number of carbonyl (C=O) groups is 1. The number of carboxylic acid groups (broad SMARTS) is 1. The molecule has 6 heteroatoms. The third-order valence-electron chi connectivity index (χ3n) is 5.35. The lowest BCUT2D eigenvalue weighted by Crippen LogP contribution is -2.41. The van der Waals surface area contributed by atoms with Gasteiger partial charge in [-0.05, 0) is 58.5 Å². The van der Waals surface area contributed by atoms with E-state index in [1.807, 2.05) is 67.6 Å². The highest BCUT2D eigenvalue weighted by atomic mass is 35.5. The fraction of sp³-hybridized carbons (Fsp3) is 0.174. The number of hydrogen-bond donors (Lipinski definition) is 2. The van der Waals surface area contributed by atoms with Crippen LogP contribution < -0.4 is 4.72 Å².